The summed E-state index contributed by atoms with van der Waals surface area (Å²) in [5.74, 6) is 0.0788. The Hall–Kier alpha value is -3.20. The first-order valence-electron chi connectivity index (χ1n) is 10.6. The van der Waals surface area contributed by atoms with Crippen LogP contribution in [-0.4, -0.2) is 69.2 Å². The van der Waals surface area contributed by atoms with Gasteiger partial charge in [0.05, 0.1) is 18.9 Å². The predicted molar refractivity (Wildman–Crippen MR) is 115 cm³/mol. The summed E-state index contributed by atoms with van der Waals surface area (Å²) >= 11 is 0. The van der Waals surface area contributed by atoms with E-state index in [9.17, 15) is 14.7 Å². The Morgan fingerprint density at radius 3 is 2.84 bits per heavy atom. The summed E-state index contributed by atoms with van der Waals surface area (Å²) in [4.78, 5) is 26.6. The van der Waals surface area contributed by atoms with Crippen molar-refractivity contribution in [3.8, 4) is 11.4 Å². The maximum absolute atomic E-state index is 12.7. The molecule has 0 spiro atoms. The topological polar surface area (TPSA) is 110 Å². The number of amides is 2. The molecule has 1 aromatic heterocycles. The van der Waals surface area contributed by atoms with Crippen LogP contribution in [-0.2, 0) is 0 Å². The smallest absolute Gasteiger partial charge is 0.276 e. The number of aliphatic hydroxyl groups excluding tert-OH is 1. The molecule has 3 rings (SSSR count). The first-order valence-corrected chi connectivity index (χ1v) is 10.6. The summed E-state index contributed by atoms with van der Waals surface area (Å²) in [6.07, 6.45) is 5.75. The molecule has 0 saturated carbocycles. The fourth-order valence-electron chi connectivity index (χ4n) is 3.34. The summed E-state index contributed by atoms with van der Waals surface area (Å²) in [5.41, 5.74) is 1.29. The molecule has 0 radical (unpaired) electrons. The molecule has 2 N–H and O–H groups in total. The molecule has 2 aromatic rings. The average Bonchev–Trinajstić information content (AvgIpc) is 3.27. The fourth-order valence-corrected chi connectivity index (χ4v) is 3.34. The van der Waals surface area contributed by atoms with E-state index >= 15 is 0 Å². The van der Waals surface area contributed by atoms with E-state index in [2.05, 4.69) is 22.2 Å². The number of hydrogen-bond acceptors (Lipinski definition) is 6. The highest BCUT2D eigenvalue weighted by atomic mass is 16.5. The van der Waals surface area contributed by atoms with Crippen LogP contribution in [0.2, 0.25) is 0 Å². The van der Waals surface area contributed by atoms with Gasteiger partial charge in [0.15, 0.2) is 5.69 Å². The van der Waals surface area contributed by atoms with Gasteiger partial charge in [0.2, 0.25) is 0 Å². The molecule has 0 aliphatic carbocycles. The van der Waals surface area contributed by atoms with Crippen LogP contribution in [0, 0.1) is 0 Å². The molecule has 1 aliphatic rings. The number of hydrogen-bond donors (Lipinski definition) is 2. The number of ether oxygens (including phenoxy) is 1. The standard InChI is InChI=1S/C22H29N5O4/c1-3-5-6-13-31-20-14-16(21(29)23-4-2)7-8-19(20)27-15-18(24-25-27)22(30)26-11-9-17(28)10-12-26/h3,7-8,14-15,17,28H,1,4-6,9-13H2,2H3,(H,23,29). The number of nitrogens with one attached hydrogen (secondary N) is 1. The Kier molecular flexibility index (Phi) is 7.77. The highest BCUT2D eigenvalue weighted by Gasteiger charge is 2.25. The molecule has 1 aromatic carbocycles. The molecule has 2 amide bonds. The normalized spacial score (nSPS) is 14.3. The molecular weight excluding hydrogens is 398 g/mol. The van der Waals surface area contributed by atoms with Crippen LogP contribution < -0.4 is 10.1 Å². The van der Waals surface area contributed by atoms with Gasteiger partial charge in [0.25, 0.3) is 11.8 Å². The second-order valence-corrected chi connectivity index (χ2v) is 7.39. The van der Waals surface area contributed by atoms with E-state index in [1.165, 1.54) is 4.68 Å². The van der Waals surface area contributed by atoms with Gasteiger partial charge >= 0.3 is 0 Å². The maximum Gasteiger partial charge on any atom is 0.276 e. The van der Waals surface area contributed by atoms with Gasteiger partial charge in [-0.15, -0.1) is 11.7 Å². The minimum Gasteiger partial charge on any atom is -0.491 e. The van der Waals surface area contributed by atoms with Crippen LogP contribution in [0.4, 0.5) is 0 Å². The van der Waals surface area contributed by atoms with Crippen LogP contribution in [0.3, 0.4) is 0 Å². The minimum atomic E-state index is -0.357. The van der Waals surface area contributed by atoms with E-state index < -0.39 is 0 Å². The van der Waals surface area contributed by atoms with E-state index in [0.29, 0.717) is 56.1 Å². The number of carbonyl (C=O) groups is 2. The lowest BCUT2D eigenvalue weighted by molar-refractivity contribution is 0.0541. The van der Waals surface area contributed by atoms with E-state index in [0.717, 1.165) is 12.8 Å². The van der Waals surface area contributed by atoms with Crippen molar-refractivity contribution in [1.29, 1.82) is 0 Å². The van der Waals surface area contributed by atoms with Gasteiger partial charge in [-0.05, 0) is 50.8 Å². The second kappa shape index (κ2) is 10.7. The number of aliphatic hydroxyl groups is 1. The zero-order chi connectivity index (χ0) is 22.2. The summed E-state index contributed by atoms with van der Waals surface area (Å²) < 4.78 is 7.40. The molecule has 0 unspecified atom stereocenters. The van der Waals surface area contributed by atoms with E-state index in [4.69, 9.17) is 4.74 Å². The van der Waals surface area contributed by atoms with Gasteiger partial charge in [-0.3, -0.25) is 9.59 Å². The molecule has 9 nitrogen and oxygen atoms in total. The molecular formula is C22H29N5O4. The Labute approximate surface area is 181 Å². The number of piperidine rings is 1. The number of rotatable bonds is 9. The van der Waals surface area contributed by atoms with Crippen molar-refractivity contribution in [1.82, 2.24) is 25.2 Å². The first-order chi connectivity index (χ1) is 15.0. The largest absolute Gasteiger partial charge is 0.491 e. The predicted octanol–water partition coefficient (Wildman–Crippen LogP) is 1.96. The third-order valence-electron chi connectivity index (χ3n) is 5.08. The van der Waals surface area contributed by atoms with E-state index in [1.807, 2.05) is 13.0 Å². The van der Waals surface area contributed by atoms with E-state index in [-0.39, 0.29) is 23.6 Å². The maximum atomic E-state index is 12.7. The number of nitrogens with zero attached hydrogens (tertiary/aromatic N) is 4. The molecule has 31 heavy (non-hydrogen) atoms. The average molecular weight is 428 g/mol. The van der Waals surface area contributed by atoms with Crippen LogP contribution in [0.15, 0.2) is 37.1 Å². The summed E-state index contributed by atoms with van der Waals surface area (Å²) in [6, 6.07) is 5.09. The third kappa shape index (κ3) is 5.69. The zero-order valence-corrected chi connectivity index (χ0v) is 17.8. The lowest BCUT2D eigenvalue weighted by Gasteiger charge is -2.28. The number of benzene rings is 1. The minimum absolute atomic E-state index is 0.188. The summed E-state index contributed by atoms with van der Waals surface area (Å²) in [5, 5.41) is 20.6. The van der Waals surface area contributed by atoms with Gasteiger partial charge in [0.1, 0.15) is 11.4 Å². The van der Waals surface area contributed by atoms with Crippen molar-refractivity contribution in [2.75, 3.05) is 26.2 Å². The number of carbonyl (C=O) groups excluding carboxylic acids is 2. The van der Waals surface area contributed by atoms with Gasteiger partial charge in [0, 0.05) is 25.2 Å². The van der Waals surface area contributed by atoms with Crippen molar-refractivity contribution >= 4 is 11.8 Å². The molecule has 0 bridgehead atoms. The van der Waals surface area contributed by atoms with Crippen molar-refractivity contribution < 1.29 is 19.4 Å². The Morgan fingerprint density at radius 2 is 2.13 bits per heavy atom. The van der Waals surface area contributed by atoms with Crippen molar-refractivity contribution in [2.24, 2.45) is 0 Å². The van der Waals surface area contributed by atoms with Crippen LogP contribution in [0.1, 0.15) is 53.5 Å². The molecule has 1 fully saturated rings. The van der Waals surface area contributed by atoms with Crippen LogP contribution in [0.5, 0.6) is 5.75 Å². The van der Waals surface area contributed by atoms with Gasteiger partial charge in [-0.2, -0.15) is 0 Å². The van der Waals surface area contributed by atoms with Crippen molar-refractivity contribution in [2.45, 2.75) is 38.7 Å². The molecule has 166 valence electrons. The van der Waals surface area contributed by atoms with Gasteiger partial charge in [-0.25, -0.2) is 4.68 Å². The van der Waals surface area contributed by atoms with Gasteiger partial charge in [-0.1, -0.05) is 11.3 Å². The molecule has 1 aliphatic heterocycles. The summed E-state index contributed by atoms with van der Waals surface area (Å²) in [6.45, 7) is 7.53. The Balaban J connectivity index is 1.82. The van der Waals surface area contributed by atoms with Gasteiger partial charge < -0.3 is 20.1 Å². The lowest BCUT2D eigenvalue weighted by atomic mass is 10.1. The second-order valence-electron chi connectivity index (χ2n) is 7.39. The zero-order valence-electron chi connectivity index (χ0n) is 17.8. The number of likely N-dealkylation sites (tertiary alicyclic amines) is 1. The molecule has 9 heteroatoms. The van der Waals surface area contributed by atoms with Crippen molar-refractivity contribution in [3.05, 3.63) is 48.3 Å². The quantitative estimate of drug-likeness (QED) is 0.468. The highest BCUT2D eigenvalue weighted by molar-refractivity contribution is 5.95. The molecule has 0 atom stereocenters. The number of allylic oxidation sites excluding steroid dienone is 1. The Bertz CT molecular complexity index is 918. The van der Waals surface area contributed by atoms with Crippen LogP contribution >= 0.6 is 0 Å². The van der Waals surface area contributed by atoms with Crippen molar-refractivity contribution in [3.63, 3.8) is 0 Å². The highest BCUT2D eigenvalue weighted by Crippen LogP contribution is 2.25. The number of aromatic nitrogens is 3. The monoisotopic (exact) mass is 427 g/mol. The molecule has 2 heterocycles. The first kappa shape index (κ1) is 22.5. The molecule has 1 saturated heterocycles. The fraction of sp³-hybridized carbons (Fsp3) is 0.455. The summed E-state index contributed by atoms with van der Waals surface area (Å²) in [7, 11) is 0. The van der Waals surface area contributed by atoms with Crippen LogP contribution in [0.25, 0.3) is 5.69 Å². The SMILES string of the molecule is C=CCCCOc1cc(C(=O)NCC)ccc1-n1cc(C(=O)N2CCC(O)CC2)nn1. The Morgan fingerprint density at radius 1 is 1.35 bits per heavy atom. The number of unbranched alkanes of at least 4 members (excludes halogenated alkanes) is 1. The van der Waals surface area contributed by atoms with E-state index in [1.54, 1.807) is 29.3 Å². The lowest BCUT2D eigenvalue weighted by Crippen LogP contribution is -2.40. The third-order valence-corrected chi connectivity index (χ3v) is 5.08.